The largest absolute Gasteiger partial charge is 0.496 e. The first-order chi connectivity index (χ1) is 24.9. The van der Waals surface area contributed by atoms with Crippen LogP contribution in [0.15, 0.2) is 67.0 Å². The number of imidazole rings is 1. The van der Waals surface area contributed by atoms with E-state index in [0.717, 1.165) is 81.1 Å². The van der Waals surface area contributed by atoms with Crippen LogP contribution in [0.4, 0.5) is 5.95 Å². The van der Waals surface area contributed by atoms with Gasteiger partial charge in [0.05, 0.1) is 46.0 Å². The number of hydrogen-bond donors (Lipinski definition) is 0. The third kappa shape index (κ3) is 7.41. The molecule has 1 unspecified atom stereocenters. The highest BCUT2D eigenvalue weighted by molar-refractivity contribution is 6.42. The third-order valence-electron chi connectivity index (χ3n) is 10.3. The first-order valence-electron chi connectivity index (χ1n) is 17.6. The van der Waals surface area contributed by atoms with Crippen LogP contribution in [0.25, 0.3) is 16.7 Å². The second kappa shape index (κ2) is 15.6. The molecule has 3 aromatic carbocycles. The van der Waals surface area contributed by atoms with E-state index in [2.05, 4.69) is 54.2 Å². The molecule has 2 aliphatic rings. The van der Waals surface area contributed by atoms with Gasteiger partial charge in [-0.2, -0.15) is 0 Å². The van der Waals surface area contributed by atoms with E-state index < -0.39 is 0 Å². The van der Waals surface area contributed by atoms with Crippen molar-refractivity contribution < 1.29 is 14.3 Å². The summed E-state index contributed by atoms with van der Waals surface area (Å²) in [6.45, 7) is 9.87. The lowest BCUT2D eigenvalue weighted by Crippen LogP contribution is -2.39. The number of carbonyl (C=O) groups excluding carboxylic acids is 1. The molecule has 4 heterocycles. The number of tetrazole rings is 1. The van der Waals surface area contributed by atoms with Crippen molar-refractivity contribution in [3.8, 4) is 11.4 Å². The summed E-state index contributed by atoms with van der Waals surface area (Å²) in [6.07, 6.45) is 4.19. The fourth-order valence-electron chi connectivity index (χ4n) is 7.50. The molecule has 7 rings (SSSR count). The molecule has 2 saturated heterocycles. The second-order valence-electron chi connectivity index (χ2n) is 13.2. The Hall–Kier alpha value is -4.23. The SMILES string of the molecule is CCOCCn1c(N2CCCN(CCC3(c4ccc(Cl)c(Cl)c4)CCN(C(=O)c4cc(-n5cnnn5)ccc4OC)C3)CC2)nc2ccccc21. The quantitative estimate of drug-likeness (QED) is 0.148. The van der Waals surface area contributed by atoms with Gasteiger partial charge in [0, 0.05) is 51.3 Å². The zero-order valence-electron chi connectivity index (χ0n) is 29.0. The van der Waals surface area contributed by atoms with Gasteiger partial charge in [-0.3, -0.25) is 4.79 Å². The van der Waals surface area contributed by atoms with Gasteiger partial charge in [0.1, 0.15) is 12.1 Å². The molecule has 2 fully saturated rings. The van der Waals surface area contributed by atoms with Crippen LogP contribution >= 0.6 is 23.2 Å². The molecule has 1 amide bonds. The lowest BCUT2D eigenvalue weighted by molar-refractivity contribution is 0.0777. The van der Waals surface area contributed by atoms with Crippen LogP contribution < -0.4 is 9.64 Å². The molecule has 12 nitrogen and oxygen atoms in total. The highest BCUT2D eigenvalue weighted by atomic mass is 35.5. The number of likely N-dealkylation sites (tertiary alicyclic amines) is 1. The fourth-order valence-corrected chi connectivity index (χ4v) is 7.80. The molecule has 51 heavy (non-hydrogen) atoms. The van der Waals surface area contributed by atoms with Gasteiger partial charge in [0.15, 0.2) is 0 Å². The Morgan fingerprint density at radius 2 is 1.84 bits per heavy atom. The maximum Gasteiger partial charge on any atom is 0.257 e. The van der Waals surface area contributed by atoms with Crippen molar-refractivity contribution in [2.45, 2.75) is 38.1 Å². The molecule has 0 spiro atoms. The Balaban J connectivity index is 1.09. The molecular formula is C37H43Cl2N9O3. The van der Waals surface area contributed by atoms with Gasteiger partial charge in [-0.15, -0.1) is 5.10 Å². The molecule has 14 heteroatoms. The van der Waals surface area contributed by atoms with Crippen LogP contribution in [0.2, 0.25) is 10.0 Å². The number of aromatic nitrogens is 6. The summed E-state index contributed by atoms with van der Waals surface area (Å²) >= 11 is 13.0. The number of methoxy groups -OCH3 is 1. The van der Waals surface area contributed by atoms with E-state index in [9.17, 15) is 4.79 Å². The summed E-state index contributed by atoms with van der Waals surface area (Å²) in [7, 11) is 1.58. The van der Waals surface area contributed by atoms with E-state index in [0.29, 0.717) is 53.3 Å². The van der Waals surface area contributed by atoms with Crippen molar-refractivity contribution in [1.29, 1.82) is 0 Å². The maximum absolute atomic E-state index is 14.2. The summed E-state index contributed by atoms with van der Waals surface area (Å²) in [5.74, 6) is 1.42. The van der Waals surface area contributed by atoms with Crippen molar-refractivity contribution in [3.63, 3.8) is 0 Å². The van der Waals surface area contributed by atoms with Gasteiger partial charge in [0.25, 0.3) is 5.91 Å². The van der Waals surface area contributed by atoms with Gasteiger partial charge in [0.2, 0.25) is 5.95 Å². The van der Waals surface area contributed by atoms with Crippen LogP contribution in [0, 0.1) is 0 Å². The van der Waals surface area contributed by atoms with Crippen molar-refractivity contribution >= 4 is 46.1 Å². The minimum Gasteiger partial charge on any atom is -0.496 e. The molecule has 5 aromatic rings. The molecule has 268 valence electrons. The molecule has 0 radical (unpaired) electrons. The first kappa shape index (κ1) is 35.2. The average molecular weight is 733 g/mol. The number of rotatable bonds is 12. The molecule has 2 aliphatic heterocycles. The van der Waals surface area contributed by atoms with E-state index in [1.54, 1.807) is 19.2 Å². The van der Waals surface area contributed by atoms with Crippen molar-refractivity contribution in [2.24, 2.45) is 0 Å². The molecule has 0 bridgehead atoms. The van der Waals surface area contributed by atoms with Gasteiger partial charge >= 0.3 is 0 Å². The first-order valence-corrected chi connectivity index (χ1v) is 18.3. The number of para-hydroxylation sites is 2. The van der Waals surface area contributed by atoms with Crippen LogP contribution in [-0.2, 0) is 16.7 Å². The number of fused-ring (bicyclic) bond motifs is 1. The number of amides is 1. The predicted octanol–water partition coefficient (Wildman–Crippen LogP) is 5.75. The average Bonchev–Trinajstić information content (AvgIpc) is 3.89. The van der Waals surface area contributed by atoms with Crippen LogP contribution in [-0.4, -0.2) is 112 Å². The van der Waals surface area contributed by atoms with Gasteiger partial charge < -0.3 is 28.7 Å². The number of carbonyl (C=O) groups is 1. The van der Waals surface area contributed by atoms with E-state index in [1.807, 2.05) is 36.1 Å². The molecule has 0 saturated carbocycles. The van der Waals surface area contributed by atoms with E-state index in [4.69, 9.17) is 37.7 Å². The molecular weight excluding hydrogens is 689 g/mol. The lowest BCUT2D eigenvalue weighted by Gasteiger charge is -2.33. The topological polar surface area (TPSA) is 107 Å². The number of ether oxygens (including phenoxy) is 2. The van der Waals surface area contributed by atoms with Crippen LogP contribution in [0.1, 0.15) is 42.1 Å². The Morgan fingerprint density at radius 3 is 2.65 bits per heavy atom. The molecule has 0 aliphatic carbocycles. The molecule has 0 N–H and O–H groups in total. The van der Waals surface area contributed by atoms with Crippen LogP contribution in [0.5, 0.6) is 5.75 Å². The Kier molecular flexibility index (Phi) is 10.7. The summed E-state index contributed by atoms with van der Waals surface area (Å²) < 4.78 is 15.2. The van der Waals surface area contributed by atoms with Gasteiger partial charge in [-0.1, -0.05) is 41.4 Å². The van der Waals surface area contributed by atoms with Gasteiger partial charge in [-0.25, -0.2) is 9.67 Å². The summed E-state index contributed by atoms with van der Waals surface area (Å²) in [5.41, 5.74) is 4.09. The number of anilines is 1. The smallest absolute Gasteiger partial charge is 0.257 e. The van der Waals surface area contributed by atoms with Crippen molar-refractivity contribution in [2.75, 3.05) is 71.0 Å². The summed E-state index contributed by atoms with van der Waals surface area (Å²) in [5, 5.41) is 12.5. The minimum absolute atomic E-state index is 0.0960. The Bertz CT molecular complexity index is 1970. The zero-order valence-corrected chi connectivity index (χ0v) is 30.6. The predicted molar refractivity (Wildman–Crippen MR) is 198 cm³/mol. The highest BCUT2D eigenvalue weighted by Gasteiger charge is 2.42. The summed E-state index contributed by atoms with van der Waals surface area (Å²) in [4.78, 5) is 26.2. The Labute approximate surface area is 307 Å². The van der Waals surface area contributed by atoms with Crippen molar-refractivity contribution in [1.82, 2.24) is 39.6 Å². The number of halogens is 2. The third-order valence-corrected chi connectivity index (χ3v) is 11.0. The van der Waals surface area contributed by atoms with E-state index in [1.165, 1.54) is 11.0 Å². The lowest BCUT2D eigenvalue weighted by atomic mass is 9.76. The number of benzene rings is 3. The van der Waals surface area contributed by atoms with Crippen LogP contribution in [0.3, 0.4) is 0 Å². The van der Waals surface area contributed by atoms with Crippen molar-refractivity contribution in [3.05, 3.63) is 88.2 Å². The monoisotopic (exact) mass is 731 g/mol. The Morgan fingerprint density at radius 1 is 0.961 bits per heavy atom. The second-order valence-corrected chi connectivity index (χ2v) is 14.0. The standard InChI is InChI=1S/C37H43Cl2N9O3/c1-3-51-22-21-47-33-8-5-4-7-32(33)41-36(47)45-16-6-15-44(19-20-45)17-13-37(27-9-11-30(38)31(39)23-27)14-18-46(25-37)35(49)29-24-28(10-12-34(29)50-2)48-26-40-42-43-48/h4-5,7-12,23-24,26H,3,6,13-22,25H2,1-2H3. The highest BCUT2D eigenvalue weighted by Crippen LogP contribution is 2.41. The van der Waals surface area contributed by atoms with E-state index >= 15 is 0 Å². The fraction of sp³-hybridized carbons (Fsp3) is 0.432. The maximum atomic E-state index is 14.2. The normalized spacial score (nSPS) is 18.4. The number of hydrogen-bond acceptors (Lipinski definition) is 9. The molecule has 2 aromatic heterocycles. The minimum atomic E-state index is -0.302. The summed E-state index contributed by atoms with van der Waals surface area (Å²) in [6, 6.07) is 19.6. The number of nitrogens with zero attached hydrogens (tertiary/aromatic N) is 9. The zero-order chi connectivity index (χ0) is 35.4. The van der Waals surface area contributed by atoms with E-state index in [-0.39, 0.29) is 11.3 Å². The van der Waals surface area contributed by atoms with Gasteiger partial charge in [-0.05, 0) is 97.7 Å². The molecule has 1 atom stereocenters.